The first-order valence-corrected chi connectivity index (χ1v) is 8.23. The maximum atomic E-state index is 12.0. The zero-order chi connectivity index (χ0) is 16.3. The average molecular weight is 334 g/mol. The lowest BCUT2D eigenvalue weighted by atomic mass is 10.1. The molecule has 0 aliphatic carbocycles. The van der Waals surface area contributed by atoms with Crippen molar-refractivity contribution >= 4 is 33.2 Å². The summed E-state index contributed by atoms with van der Waals surface area (Å²) in [5, 5.41) is 3.04. The molecule has 1 aromatic carbocycles. The molecule has 0 spiro atoms. The summed E-state index contributed by atoms with van der Waals surface area (Å²) in [5.41, 5.74) is 5.41. The van der Waals surface area contributed by atoms with Crippen LogP contribution in [0.15, 0.2) is 23.1 Å². The summed E-state index contributed by atoms with van der Waals surface area (Å²) in [5.74, 6) is -0.221. The highest BCUT2D eigenvalue weighted by atomic mass is 35.5. The van der Waals surface area contributed by atoms with Crippen LogP contribution in [-0.2, 0) is 14.8 Å². The van der Waals surface area contributed by atoms with E-state index in [-0.39, 0.29) is 35.0 Å². The van der Waals surface area contributed by atoms with Crippen LogP contribution in [0, 0.1) is 0 Å². The van der Waals surface area contributed by atoms with Gasteiger partial charge in [-0.1, -0.05) is 11.6 Å². The minimum atomic E-state index is -3.71. The first-order valence-electron chi connectivity index (χ1n) is 6.37. The van der Waals surface area contributed by atoms with E-state index in [0.717, 1.165) is 0 Å². The smallest absolute Gasteiger partial charge is 0.240 e. The number of nitrogen functional groups attached to an aromatic ring is 1. The quantitative estimate of drug-likeness (QED) is 0.711. The summed E-state index contributed by atoms with van der Waals surface area (Å²) in [6.45, 7) is 5.56. The van der Waals surface area contributed by atoms with Gasteiger partial charge in [0.1, 0.15) is 0 Å². The third-order valence-electron chi connectivity index (χ3n) is 2.44. The molecule has 0 heterocycles. The second kappa shape index (κ2) is 6.64. The molecule has 1 amide bonds. The topological polar surface area (TPSA) is 101 Å². The lowest BCUT2D eigenvalue weighted by Crippen LogP contribution is -2.41. The molecule has 0 fully saturated rings. The van der Waals surface area contributed by atoms with Crippen LogP contribution in [0.1, 0.15) is 27.2 Å². The van der Waals surface area contributed by atoms with Crippen molar-refractivity contribution in [3.05, 3.63) is 23.2 Å². The molecule has 0 atom stereocenters. The molecule has 1 rings (SSSR count). The predicted molar refractivity (Wildman–Crippen MR) is 83.6 cm³/mol. The molecule has 4 N–H and O–H groups in total. The molecule has 0 bridgehead atoms. The maximum Gasteiger partial charge on any atom is 0.240 e. The lowest BCUT2D eigenvalue weighted by Gasteiger charge is -2.20. The summed E-state index contributed by atoms with van der Waals surface area (Å²) in [6.07, 6.45) is 0.0551. The Hall–Kier alpha value is -1.31. The third kappa shape index (κ3) is 5.91. The summed E-state index contributed by atoms with van der Waals surface area (Å²) < 4.78 is 26.4. The number of nitrogens with one attached hydrogen (secondary N) is 2. The van der Waals surface area contributed by atoms with Gasteiger partial charge in [-0.25, -0.2) is 13.1 Å². The average Bonchev–Trinajstić information content (AvgIpc) is 2.29. The highest BCUT2D eigenvalue weighted by Gasteiger charge is 2.17. The van der Waals surface area contributed by atoms with Crippen molar-refractivity contribution in [1.29, 1.82) is 0 Å². The van der Waals surface area contributed by atoms with E-state index in [0.29, 0.717) is 5.02 Å². The van der Waals surface area contributed by atoms with Gasteiger partial charge in [0.05, 0.1) is 15.6 Å². The first-order chi connectivity index (χ1) is 9.51. The number of hydrogen-bond donors (Lipinski definition) is 3. The monoisotopic (exact) mass is 333 g/mol. The van der Waals surface area contributed by atoms with Crippen molar-refractivity contribution in [3.8, 4) is 0 Å². The minimum Gasteiger partial charge on any atom is -0.397 e. The van der Waals surface area contributed by atoms with Crippen LogP contribution in [0.4, 0.5) is 5.69 Å². The number of amides is 1. The molecule has 0 saturated heterocycles. The number of carbonyl (C=O) groups excluding carboxylic acids is 1. The summed E-state index contributed by atoms with van der Waals surface area (Å²) in [4.78, 5) is 11.6. The van der Waals surface area contributed by atoms with Crippen LogP contribution < -0.4 is 15.8 Å². The minimum absolute atomic E-state index is 0.00672. The second-order valence-corrected chi connectivity index (χ2v) is 7.80. The summed E-state index contributed by atoms with van der Waals surface area (Å²) in [6, 6.07) is 4.05. The molecule has 1 aromatic rings. The van der Waals surface area contributed by atoms with Gasteiger partial charge in [0.15, 0.2) is 0 Å². The number of rotatable bonds is 5. The molecule has 0 unspecified atom stereocenters. The summed E-state index contributed by atoms with van der Waals surface area (Å²) >= 11 is 5.74. The Balaban J connectivity index is 2.61. The normalized spacial score (nSPS) is 12.2. The second-order valence-electron chi connectivity index (χ2n) is 5.63. The van der Waals surface area contributed by atoms with Crippen LogP contribution in [0.5, 0.6) is 0 Å². The number of hydrogen-bond acceptors (Lipinski definition) is 4. The first kappa shape index (κ1) is 17.7. The SMILES string of the molecule is CC(C)(C)NC(=O)CCNS(=O)(=O)c1ccc(Cl)c(N)c1. The van der Waals surface area contributed by atoms with Gasteiger partial charge in [0.25, 0.3) is 0 Å². The largest absolute Gasteiger partial charge is 0.397 e. The van der Waals surface area contributed by atoms with Crippen molar-refractivity contribution in [3.63, 3.8) is 0 Å². The molecule has 0 radical (unpaired) electrons. The predicted octanol–water partition coefficient (Wildman–Crippen LogP) is 1.51. The molecular formula is C13H20ClN3O3S. The van der Waals surface area contributed by atoms with Gasteiger partial charge in [0.2, 0.25) is 15.9 Å². The van der Waals surface area contributed by atoms with Gasteiger partial charge >= 0.3 is 0 Å². The molecule has 0 aliphatic heterocycles. The standard InChI is InChI=1S/C13H20ClN3O3S/c1-13(2,3)17-12(18)6-7-16-21(19,20)9-4-5-10(14)11(15)8-9/h4-5,8,16H,6-7,15H2,1-3H3,(H,17,18). The Kier molecular flexibility index (Phi) is 5.61. The lowest BCUT2D eigenvalue weighted by molar-refractivity contribution is -0.122. The molecule has 0 aromatic heterocycles. The Labute approximate surface area is 130 Å². The van der Waals surface area contributed by atoms with Crippen LogP contribution in [0.3, 0.4) is 0 Å². The highest BCUT2D eigenvalue weighted by molar-refractivity contribution is 7.89. The zero-order valence-corrected chi connectivity index (χ0v) is 13.8. The van der Waals surface area contributed by atoms with Crippen molar-refractivity contribution in [2.75, 3.05) is 12.3 Å². The van der Waals surface area contributed by atoms with Gasteiger partial charge in [-0.2, -0.15) is 0 Å². The molecule has 21 heavy (non-hydrogen) atoms. The Morgan fingerprint density at radius 3 is 2.48 bits per heavy atom. The van der Waals surface area contributed by atoms with Crippen molar-refractivity contribution in [2.45, 2.75) is 37.6 Å². The van der Waals surface area contributed by atoms with Gasteiger partial charge in [0, 0.05) is 18.5 Å². The van der Waals surface area contributed by atoms with E-state index < -0.39 is 10.0 Å². The molecule has 8 heteroatoms. The van der Waals surface area contributed by atoms with E-state index in [9.17, 15) is 13.2 Å². The highest BCUT2D eigenvalue weighted by Crippen LogP contribution is 2.21. The van der Waals surface area contributed by atoms with E-state index in [1.165, 1.54) is 18.2 Å². The molecule has 0 saturated carbocycles. The van der Waals surface area contributed by atoms with E-state index in [2.05, 4.69) is 10.0 Å². The van der Waals surface area contributed by atoms with Crippen LogP contribution >= 0.6 is 11.6 Å². The van der Waals surface area contributed by atoms with Crippen molar-refractivity contribution in [1.82, 2.24) is 10.0 Å². The Morgan fingerprint density at radius 2 is 1.95 bits per heavy atom. The fraction of sp³-hybridized carbons (Fsp3) is 0.462. The molecule has 118 valence electrons. The zero-order valence-electron chi connectivity index (χ0n) is 12.2. The number of sulfonamides is 1. The van der Waals surface area contributed by atoms with Crippen molar-refractivity contribution in [2.24, 2.45) is 0 Å². The fourth-order valence-electron chi connectivity index (χ4n) is 1.55. The van der Waals surface area contributed by atoms with Crippen LogP contribution in [0.25, 0.3) is 0 Å². The number of nitrogens with two attached hydrogens (primary N) is 1. The van der Waals surface area contributed by atoms with Gasteiger partial charge < -0.3 is 11.1 Å². The third-order valence-corrected chi connectivity index (χ3v) is 4.24. The molecular weight excluding hydrogens is 314 g/mol. The van der Waals surface area contributed by atoms with E-state index in [1.807, 2.05) is 20.8 Å². The molecule has 6 nitrogen and oxygen atoms in total. The van der Waals surface area contributed by atoms with Gasteiger partial charge in [-0.3, -0.25) is 4.79 Å². The van der Waals surface area contributed by atoms with Crippen molar-refractivity contribution < 1.29 is 13.2 Å². The molecule has 0 aliphatic rings. The van der Waals surface area contributed by atoms with E-state index in [1.54, 1.807) is 0 Å². The van der Waals surface area contributed by atoms with E-state index >= 15 is 0 Å². The Morgan fingerprint density at radius 1 is 1.33 bits per heavy atom. The fourth-order valence-corrected chi connectivity index (χ4v) is 2.74. The van der Waals surface area contributed by atoms with Crippen LogP contribution in [0.2, 0.25) is 5.02 Å². The number of carbonyl (C=O) groups is 1. The summed E-state index contributed by atoms with van der Waals surface area (Å²) in [7, 11) is -3.71. The van der Waals surface area contributed by atoms with Gasteiger partial charge in [-0.05, 0) is 39.0 Å². The van der Waals surface area contributed by atoms with Crippen LogP contribution in [-0.4, -0.2) is 26.4 Å². The Bertz CT molecular complexity index is 624. The number of halogens is 1. The number of anilines is 1. The number of benzene rings is 1. The maximum absolute atomic E-state index is 12.0. The van der Waals surface area contributed by atoms with Gasteiger partial charge in [-0.15, -0.1) is 0 Å². The van der Waals surface area contributed by atoms with E-state index in [4.69, 9.17) is 17.3 Å².